The minimum atomic E-state index is 0.386. The summed E-state index contributed by atoms with van der Waals surface area (Å²) in [5, 5.41) is 3.63. The van der Waals surface area contributed by atoms with Crippen LogP contribution in [0.3, 0.4) is 0 Å². The number of hydrogen-bond acceptors (Lipinski definition) is 2. The van der Waals surface area contributed by atoms with Gasteiger partial charge in [0.05, 0.1) is 0 Å². The lowest BCUT2D eigenvalue weighted by Gasteiger charge is -2.31. The molecule has 1 aromatic heterocycles. The molecule has 0 aliphatic carbocycles. The summed E-state index contributed by atoms with van der Waals surface area (Å²) in [7, 11) is 2.07. The summed E-state index contributed by atoms with van der Waals surface area (Å²) >= 11 is 0. The number of hydrogen-bond donors (Lipinski definition) is 1. The standard InChI is InChI=1S/C16H31N3/c1-7-17-14(12-13(2)16(3,4)5)8-9-15-18-10-11-19(15)6/h10-11,13-14,17H,7-9,12H2,1-6H3. The average molecular weight is 265 g/mol. The highest BCUT2D eigenvalue weighted by molar-refractivity contribution is 4.92. The molecule has 0 bridgehead atoms. The molecule has 0 aromatic carbocycles. The summed E-state index contributed by atoms with van der Waals surface area (Å²) in [6.07, 6.45) is 7.36. The van der Waals surface area contributed by atoms with E-state index in [2.05, 4.69) is 56.5 Å². The van der Waals surface area contributed by atoms with Crippen LogP contribution in [0.2, 0.25) is 0 Å². The molecule has 1 rings (SSSR count). The van der Waals surface area contributed by atoms with Gasteiger partial charge in [-0.05, 0) is 30.7 Å². The summed E-state index contributed by atoms with van der Waals surface area (Å²) in [5.41, 5.74) is 0.386. The van der Waals surface area contributed by atoms with Crippen LogP contribution in [0.1, 0.15) is 53.3 Å². The van der Waals surface area contributed by atoms with Crippen LogP contribution in [-0.4, -0.2) is 22.1 Å². The molecule has 0 radical (unpaired) electrons. The zero-order chi connectivity index (χ0) is 14.5. The molecule has 0 aliphatic heterocycles. The second kappa shape index (κ2) is 7.09. The first-order chi connectivity index (χ1) is 8.84. The van der Waals surface area contributed by atoms with E-state index in [-0.39, 0.29) is 0 Å². The Morgan fingerprint density at radius 3 is 2.53 bits per heavy atom. The van der Waals surface area contributed by atoms with Crippen molar-refractivity contribution in [2.24, 2.45) is 18.4 Å². The highest BCUT2D eigenvalue weighted by atomic mass is 15.0. The van der Waals surface area contributed by atoms with Crippen LogP contribution in [0.15, 0.2) is 12.4 Å². The van der Waals surface area contributed by atoms with Crippen molar-refractivity contribution in [2.45, 2.75) is 59.9 Å². The van der Waals surface area contributed by atoms with Crippen molar-refractivity contribution >= 4 is 0 Å². The number of nitrogens with zero attached hydrogens (tertiary/aromatic N) is 2. The molecular weight excluding hydrogens is 234 g/mol. The Balaban J connectivity index is 2.51. The van der Waals surface area contributed by atoms with Crippen molar-refractivity contribution in [1.29, 1.82) is 0 Å². The van der Waals surface area contributed by atoms with E-state index in [0.29, 0.717) is 11.5 Å². The van der Waals surface area contributed by atoms with E-state index in [4.69, 9.17) is 0 Å². The molecule has 110 valence electrons. The van der Waals surface area contributed by atoms with Gasteiger partial charge >= 0.3 is 0 Å². The fourth-order valence-corrected chi connectivity index (χ4v) is 2.31. The van der Waals surface area contributed by atoms with E-state index in [1.165, 1.54) is 18.7 Å². The summed E-state index contributed by atoms with van der Waals surface area (Å²) in [5.74, 6) is 1.91. The quantitative estimate of drug-likeness (QED) is 0.819. The van der Waals surface area contributed by atoms with Gasteiger partial charge in [0.1, 0.15) is 5.82 Å². The second-order valence-electron chi connectivity index (χ2n) is 6.75. The summed E-state index contributed by atoms with van der Waals surface area (Å²) in [6, 6.07) is 0.593. The molecule has 0 saturated heterocycles. The Bertz CT molecular complexity index is 362. The minimum Gasteiger partial charge on any atom is -0.338 e. The maximum Gasteiger partial charge on any atom is 0.108 e. The fraction of sp³-hybridized carbons (Fsp3) is 0.812. The second-order valence-corrected chi connectivity index (χ2v) is 6.75. The fourth-order valence-electron chi connectivity index (χ4n) is 2.31. The van der Waals surface area contributed by atoms with Gasteiger partial charge in [-0.15, -0.1) is 0 Å². The molecule has 2 atom stereocenters. The Hall–Kier alpha value is -0.830. The van der Waals surface area contributed by atoms with Crippen molar-refractivity contribution in [3.63, 3.8) is 0 Å². The van der Waals surface area contributed by atoms with Crippen LogP contribution >= 0.6 is 0 Å². The Morgan fingerprint density at radius 2 is 2.05 bits per heavy atom. The lowest BCUT2D eigenvalue weighted by molar-refractivity contribution is 0.219. The number of aryl methyl sites for hydroxylation is 2. The van der Waals surface area contributed by atoms with Crippen molar-refractivity contribution < 1.29 is 0 Å². The summed E-state index contributed by atoms with van der Waals surface area (Å²) in [6.45, 7) is 12.6. The van der Waals surface area contributed by atoms with Gasteiger partial charge < -0.3 is 9.88 Å². The van der Waals surface area contributed by atoms with Crippen LogP contribution < -0.4 is 5.32 Å². The lowest BCUT2D eigenvalue weighted by Crippen LogP contribution is -2.34. The van der Waals surface area contributed by atoms with Crippen molar-refractivity contribution in [3.05, 3.63) is 18.2 Å². The van der Waals surface area contributed by atoms with E-state index in [1.54, 1.807) is 0 Å². The molecule has 0 spiro atoms. The zero-order valence-corrected chi connectivity index (χ0v) is 13.5. The van der Waals surface area contributed by atoms with E-state index in [9.17, 15) is 0 Å². The average Bonchev–Trinajstić information content (AvgIpc) is 2.70. The molecule has 19 heavy (non-hydrogen) atoms. The van der Waals surface area contributed by atoms with E-state index in [1.807, 2.05) is 12.4 Å². The summed E-state index contributed by atoms with van der Waals surface area (Å²) < 4.78 is 2.12. The Labute approximate surface area is 118 Å². The number of aromatic nitrogens is 2. The predicted octanol–water partition coefficient (Wildman–Crippen LogP) is 3.40. The third-order valence-corrected chi connectivity index (χ3v) is 4.25. The van der Waals surface area contributed by atoms with E-state index >= 15 is 0 Å². The highest BCUT2D eigenvalue weighted by Crippen LogP contribution is 2.29. The SMILES string of the molecule is CCNC(CCc1nccn1C)CC(C)C(C)(C)C. The molecule has 3 nitrogen and oxygen atoms in total. The molecule has 1 aromatic rings. The maximum atomic E-state index is 4.41. The van der Waals surface area contributed by atoms with Crippen LogP contribution in [0.25, 0.3) is 0 Å². The topological polar surface area (TPSA) is 29.9 Å². The van der Waals surface area contributed by atoms with Gasteiger partial charge in [0.15, 0.2) is 0 Å². The van der Waals surface area contributed by atoms with Gasteiger partial charge in [0, 0.05) is 31.9 Å². The third kappa shape index (κ3) is 5.35. The van der Waals surface area contributed by atoms with Gasteiger partial charge in [-0.2, -0.15) is 0 Å². The van der Waals surface area contributed by atoms with E-state index < -0.39 is 0 Å². The highest BCUT2D eigenvalue weighted by Gasteiger charge is 2.23. The molecule has 3 heteroatoms. The number of nitrogens with one attached hydrogen (secondary N) is 1. The number of imidazole rings is 1. The molecule has 0 aliphatic rings. The molecular formula is C16H31N3. The van der Waals surface area contributed by atoms with Gasteiger partial charge in [0.25, 0.3) is 0 Å². The van der Waals surface area contributed by atoms with Crippen LogP contribution in [-0.2, 0) is 13.5 Å². The first kappa shape index (κ1) is 16.2. The Morgan fingerprint density at radius 1 is 1.37 bits per heavy atom. The largest absolute Gasteiger partial charge is 0.338 e. The number of rotatable bonds is 7. The van der Waals surface area contributed by atoms with Crippen LogP contribution in [0.5, 0.6) is 0 Å². The van der Waals surface area contributed by atoms with Crippen molar-refractivity contribution in [2.75, 3.05) is 6.54 Å². The van der Waals surface area contributed by atoms with Gasteiger partial charge in [-0.3, -0.25) is 0 Å². The van der Waals surface area contributed by atoms with Gasteiger partial charge in [-0.25, -0.2) is 4.98 Å². The third-order valence-electron chi connectivity index (χ3n) is 4.25. The van der Waals surface area contributed by atoms with Crippen molar-refractivity contribution in [1.82, 2.24) is 14.9 Å². The molecule has 0 saturated carbocycles. The Kier molecular flexibility index (Phi) is 6.05. The maximum absolute atomic E-state index is 4.41. The van der Waals surface area contributed by atoms with E-state index in [0.717, 1.165) is 18.9 Å². The molecule has 0 amide bonds. The zero-order valence-electron chi connectivity index (χ0n) is 13.5. The lowest BCUT2D eigenvalue weighted by atomic mass is 9.78. The first-order valence-electron chi connectivity index (χ1n) is 7.54. The van der Waals surface area contributed by atoms with Crippen molar-refractivity contribution in [3.8, 4) is 0 Å². The molecule has 0 fully saturated rings. The van der Waals surface area contributed by atoms with Crippen LogP contribution in [0, 0.1) is 11.3 Å². The normalized spacial score (nSPS) is 15.5. The monoisotopic (exact) mass is 265 g/mol. The minimum absolute atomic E-state index is 0.386. The van der Waals surface area contributed by atoms with Gasteiger partial charge in [0.2, 0.25) is 0 Å². The van der Waals surface area contributed by atoms with Gasteiger partial charge in [-0.1, -0.05) is 34.6 Å². The summed E-state index contributed by atoms with van der Waals surface area (Å²) in [4.78, 5) is 4.41. The predicted molar refractivity (Wildman–Crippen MR) is 82.2 cm³/mol. The molecule has 2 unspecified atom stereocenters. The first-order valence-corrected chi connectivity index (χ1v) is 7.54. The smallest absolute Gasteiger partial charge is 0.108 e. The van der Waals surface area contributed by atoms with Crippen LogP contribution in [0.4, 0.5) is 0 Å². The molecule has 1 heterocycles. The molecule has 1 N–H and O–H groups in total.